The van der Waals surface area contributed by atoms with E-state index in [0.717, 1.165) is 0 Å². The van der Waals surface area contributed by atoms with Crippen LogP contribution in [0.3, 0.4) is 0 Å². The Morgan fingerprint density at radius 2 is 2.05 bits per heavy atom. The third kappa shape index (κ3) is 5.69. The fourth-order valence-corrected chi connectivity index (χ4v) is 2.02. The normalized spacial score (nSPS) is 10.0. The number of rotatable bonds is 8. The highest BCUT2D eigenvalue weighted by Gasteiger charge is 2.11. The zero-order valence-corrected chi connectivity index (χ0v) is 11.9. The summed E-state index contributed by atoms with van der Waals surface area (Å²) < 4.78 is 9.66. The lowest BCUT2D eigenvalue weighted by Gasteiger charge is -2.02. The molecule has 106 valence electrons. The Morgan fingerprint density at radius 3 is 2.74 bits per heavy atom. The first-order valence-electron chi connectivity index (χ1n) is 6.19. The highest BCUT2D eigenvalue weighted by Crippen LogP contribution is 2.16. The molecule has 0 saturated heterocycles. The first kappa shape index (κ1) is 15.4. The minimum Gasteiger partial charge on any atom is -0.466 e. The minimum atomic E-state index is -0.418. The molecule has 0 aliphatic heterocycles. The Balaban J connectivity index is 2.27. The van der Waals surface area contributed by atoms with Gasteiger partial charge in [0.25, 0.3) is 0 Å². The van der Waals surface area contributed by atoms with E-state index in [1.54, 1.807) is 19.2 Å². The number of thiazole rings is 1. The van der Waals surface area contributed by atoms with Crippen LogP contribution in [0.25, 0.3) is 0 Å². The fourth-order valence-electron chi connectivity index (χ4n) is 1.31. The molecule has 0 aromatic carbocycles. The van der Waals surface area contributed by atoms with Gasteiger partial charge < -0.3 is 14.8 Å². The Morgan fingerprint density at radius 1 is 1.32 bits per heavy atom. The Kier molecular flexibility index (Phi) is 6.88. The number of nitrogens with zero attached hydrogens (tertiary/aromatic N) is 1. The van der Waals surface area contributed by atoms with Gasteiger partial charge in [0.1, 0.15) is 0 Å². The van der Waals surface area contributed by atoms with Gasteiger partial charge in [-0.2, -0.15) is 0 Å². The Labute approximate surface area is 116 Å². The molecular weight excluding hydrogens is 268 g/mol. The van der Waals surface area contributed by atoms with Gasteiger partial charge in [-0.15, -0.1) is 11.3 Å². The van der Waals surface area contributed by atoms with Gasteiger partial charge in [-0.25, -0.2) is 9.78 Å². The second-order valence-electron chi connectivity index (χ2n) is 3.59. The van der Waals surface area contributed by atoms with Gasteiger partial charge in [0.15, 0.2) is 10.8 Å². The van der Waals surface area contributed by atoms with Gasteiger partial charge in [-0.05, 0) is 20.3 Å². The number of carbonyl (C=O) groups excluding carboxylic acids is 2. The van der Waals surface area contributed by atoms with Crippen LogP contribution in [0.4, 0.5) is 5.13 Å². The fraction of sp³-hybridized carbons (Fsp3) is 0.583. The van der Waals surface area contributed by atoms with Crippen LogP contribution < -0.4 is 5.32 Å². The van der Waals surface area contributed by atoms with Gasteiger partial charge in [0, 0.05) is 18.3 Å². The van der Waals surface area contributed by atoms with Gasteiger partial charge in [0.2, 0.25) is 0 Å². The monoisotopic (exact) mass is 286 g/mol. The van der Waals surface area contributed by atoms with E-state index >= 15 is 0 Å². The zero-order valence-electron chi connectivity index (χ0n) is 11.1. The molecule has 0 radical (unpaired) electrons. The van der Waals surface area contributed by atoms with E-state index in [4.69, 9.17) is 9.47 Å². The van der Waals surface area contributed by atoms with E-state index in [1.807, 2.05) is 0 Å². The van der Waals surface area contributed by atoms with Crippen LogP contribution in [-0.2, 0) is 14.3 Å². The van der Waals surface area contributed by atoms with Crippen molar-refractivity contribution in [2.75, 3.05) is 25.1 Å². The van der Waals surface area contributed by atoms with Crippen molar-refractivity contribution in [2.45, 2.75) is 26.7 Å². The number of ether oxygens (including phenoxy) is 2. The van der Waals surface area contributed by atoms with Crippen molar-refractivity contribution >= 4 is 28.4 Å². The highest BCUT2D eigenvalue weighted by molar-refractivity contribution is 7.13. The summed E-state index contributed by atoms with van der Waals surface area (Å²) in [7, 11) is 0. The molecule has 1 aromatic rings. The zero-order chi connectivity index (χ0) is 14.1. The molecular formula is C12H18N2O4S. The number of hydrogen-bond donors (Lipinski definition) is 1. The van der Waals surface area contributed by atoms with Gasteiger partial charge in [-0.3, -0.25) is 4.79 Å². The molecule has 1 N–H and O–H groups in total. The first-order valence-corrected chi connectivity index (χ1v) is 7.07. The minimum absolute atomic E-state index is 0.198. The van der Waals surface area contributed by atoms with Gasteiger partial charge in [0.05, 0.1) is 13.2 Å². The predicted octanol–water partition coefficient (Wildman–Crippen LogP) is 2.08. The number of anilines is 1. The van der Waals surface area contributed by atoms with Crippen molar-refractivity contribution in [2.24, 2.45) is 0 Å². The molecule has 0 unspecified atom stereocenters. The molecule has 6 nitrogen and oxygen atoms in total. The summed E-state index contributed by atoms with van der Waals surface area (Å²) >= 11 is 1.33. The quantitative estimate of drug-likeness (QED) is 0.582. The highest BCUT2D eigenvalue weighted by atomic mass is 32.1. The summed E-state index contributed by atoms with van der Waals surface area (Å²) in [4.78, 5) is 26.6. The number of carbonyl (C=O) groups is 2. The SMILES string of the molecule is CCOC(=O)CCCNc1nc(C(=O)OCC)cs1. The van der Waals surface area contributed by atoms with Gasteiger partial charge >= 0.3 is 11.9 Å². The molecule has 0 aliphatic carbocycles. The standard InChI is InChI=1S/C12H18N2O4S/c1-3-17-10(15)6-5-7-13-12-14-9(8-19-12)11(16)18-4-2/h8H,3-7H2,1-2H3,(H,13,14). The van der Waals surface area contributed by atoms with E-state index < -0.39 is 5.97 Å². The lowest BCUT2D eigenvalue weighted by molar-refractivity contribution is -0.143. The summed E-state index contributed by atoms with van der Waals surface area (Å²) in [6.07, 6.45) is 1.03. The maximum Gasteiger partial charge on any atom is 0.357 e. The third-order valence-corrected chi connectivity index (χ3v) is 2.93. The summed E-state index contributed by atoms with van der Waals surface area (Å²) in [5, 5.41) is 5.34. The lowest BCUT2D eigenvalue weighted by atomic mass is 10.3. The van der Waals surface area contributed by atoms with E-state index in [1.165, 1.54) is 11.3 Å². The third-order valence-electron chi connectivity index (χ3n) is 2.13. The van der Waals surface area contributed by atoms with Gasteiger partial charge in [-0.1, -0.05) is 0 Å². The van der Waals surface area contributed by atoms with Crippen LogP contribution in [-0.4, -0.2) is 36.7 Å². The molecule has 0 fully saturated rings. The molecule has 0 atom stereocenters. The molecule has 0 saturated carbocycles. The van der Waals surface area contributed by atoms with Crippen molar-refractivity contribution < 1.29 is 19.1 Å². The van der Waals surface area contributed by atoms with Crippen LogP contribution in [0.1, 0.15) is 37.2 Å². The summed E-state index contributed by atoms with van der Waals surface area (Å²) in [6, 6.07) is 0. The largest absolute Gasteiger partial charge is 0.466 e. The maximum atomic E-state index is 11.4. The van der Waals surface area contributed by atoms with Crippen molar-refractivity contribution in [1.29, 1.82) is 0 Å². The van der Waals surface area contributed by atoms with Crippen LogP contribution in [0, 0.1) is 0 Å². The van der Waals surface area contributed by atoms with Crippen LogP contribution >= 0.6 is 11.3 Å². The molecule has 1 heterocycles. The molecule has 0 amide bonds. The summed E-state index contributed by atoms with van der Waals surface area (Å²) in [5.41, 5.74) is 0.305. The van der Waals surface area contributed by atoms with Crippen molar-refractivity contribution in [3.63, 3.8) is 0 Å². The van der Waals surface area contributed by atoms with Crippen LogP contribution in [0.5, 0.6) is 0 Å². The molecule has 0 bridgehead atoms. The number of aromatic nitrogens is 1. The molecule has 1 aromatic heterocycles. The number of nitrogens with one attached hydrogen (secondary N) is 1. The van der Waals surface area contributed by atoms with E-state index in [-0.39, 0.29) is 5.97 Å². The van der Waals surface area contributed by atoms with Crippen molar-refractivity contribution in [3.05, 3.63) is 11.1 Å². The molecule has 1 rings (SSSR count). The predicted molar refractivity (Wildman–Crippen MR) is 72.4 cm³/mol. The molecule has 0 aliphatic rings. The average Bonchev–Trinajstić information content (AvgIpc) is 2.84. The van der Waals surface area contributed by atoms with E-state index in [2.05, 4.69) is 10.3 Å². The van der Waals surface area contributed by atoms with Crippen molar-refractivity contribution in [3.8, 4) is 0 Å². The lowest BCUT2D eigenvalue weighted by Crippen LogP contribution is -2.09. The smallest absolute Gasteiger partial charge is 0.357 e. The maximum absolute atomic E-state index is 11.4. The first-order chi connectivity index (χ1) is 9.17. The second-order valence-corrected chi connectivity index (χ2v) is 4.45. The number of hydrogen-bond acceptors (Lipinski definition) is 7. The van der Waals surface area contributed by atoms with Crippen molar-refractivity contribution in [1.82, 2.24) is 4.98 Å². The Bertz CT molecular complexity index is 420. The van der Waals surface area contributed by atoms with Crippen LogP contribution in [0.15, 0.2) is 5.38 Å². The molecule has 7 heteroatoms. The molecule has 19 heavy (non-hydrogen) atoms. The Hall–Kier alpha value is -1.63. The van der Waals surface area contributed by atoms with E-state index in [9.17, 15) is 9.59 Å². The topological polar surface area (TPSA) is 77.5 Å². The van der Waals surface area contributed by atoms with E-state index in [0.29, 0.717) is 43.4 Å². The molecule has 0 spiro atoms. The average molecular weight is 286 g/mol. The summed E-state index contributed by atoms with van der Waals surface area (Å²) in [5.74, 6) is -0.617. The second kappa shape index (κ2) is 8.47. The number of esters is 2. The van der Waals surface area contributed by atoms with Crippen LogP contribution in [0.2, 0.25) is 0 Å². The summed E-state index contributed by atoms with van der Waals surface area (Å²) in [6.45, 7) is 4.87.